The van der Waals surface area contributed by atoms with Gasteiger partial charge in [0.15, 0.2) is 11.5 Å². The predicted molar refractivity (Wildman–Crippen MR) is 92.7 cm³/mol. The zero-order chi connectivity index (χ0) is 17.8. The van der Waals surface area contributed by atoms with Gasteiger partial charge in [-0.25, -0.2) is 4.39 Å². The Kier molecular flexibility index (Phi) is 5.28. The molecule has 1 aromatic carbocycles. The van der Waals surface area contributed by atoms with E-state index in [1.54, 1.807) is 35.7 Å². The number of hydrogen-bond acceptors (Lipinski definition) is 6. The fraction of sp³-hybridized carbons (Fsp3) is 0.294. The first-order valence-electron chi connectivity index (χ1n) is 7.94. The van der Waals surface area contributed by atoms with Gasteiger partial charge in [0, 0.05) is 5.56 Å². The average molecular weight is 360 g/mol. The van der Waals surface area contributed by atoms with E-state index in [1.165, 1.54) is 23.9 Å². The third kappa shape index (κ3) is 3.79. The molecule has 0 radical (unpaired) electrons. The highest BCUT2D eigenvalue weighted by atomic mass is 32.2. The number of hydrogen-bond donors (Lipinski definition) is 0. The van der Waals surface area contributed by atoms with Crippen LogP contribution in [0.3, 0.4) is 0 Å². The van der Waals surface area contributed by atoms with Crippen molar-refractivity contribution in [3.05, 3.63) is 42.2 Å². The van der Waals surface area contributed by atoms with E-state index in [9.17, 15) is 9.18 Å². The lowest BCUT2D eigenvalue weighted by atomic mass is 10.2. The second-order valence-electron chi connectivity index (χ2n) is 5.24. The maximum atomic E-state index is 13.1. The van der Waals surface area contributed by atoms with Gasteiger partial charge in [0.2, 0.25) is 0 Å². The zero-order valence-electron chi connectivity index (χ0n) is 13.8. The van der Waals surface area contributed by atoms with E-state index in [0.29, 0.717) is 35.1 Å². The van der Waals surface area contributed by atoms with Crippen LogP contribution in [0.2, 0.25) is 0 Å². The lowest BCUT2D eigenvalue weighted by Gasteiger charge is -2.12. The molecule has 0 saturated carbocycles. The second kappa shape index (κ2) is 7.60. The Balaban J connectivity index is 1.92. The number of ether oxygens (including phenoxy) is 1. The standard InChI is InChI=1S/C17H17FN4O2S/c1-3-13(17(23)24-4-2)25-15-10-9-14-19-20-16(22(14)21-15)11-5-7-12(18)8-6-11/h5-10,13H,3-4H2,1-2H3/t13-/m0/s1. The second-order valence-corrected chi connectivity index (χ2v) is 6.46. The van der Waals surface area contributed by atoms with E-state index in [0.717, 1.165) is 0 Å². The summed E-state index contributed by atoms with van der Waals surface area (Å²) in [5.41, 5.74) is 1.29. The molecular formula is C17H17FN4O2S. The summed E-state index contributed by atoms with van der Waals surface area (Å²) in [5.74, 6) is -0.0527. The van der Waals surface area contributed by atoms with Gasteiger partial charge >= 0.3 is 5.97 Å². The van der Waals surface area contributed by atoms with Gasteiger partial charge in [0.1, 0.15) is 16.1 Å². The Hall–Kier alpha value is -2.48. The molecule has 2 aromatic heterocycles. The van der Waals surface area contributed by atoms with Crippen molar-refractivity contribution in [3.63, 3.8) is 0 Å². The van der Waals surface area contributed by atoms with Crippen LogP contribution in [0.1, 0.15) is 20.3 Å². The molecule has 0 saturated heterocycles. The minimum Gasteiger partial charge on any atom is -0.465 e. The molecule has 8 heteroatoms. The van der Waals surface area contributed by atoms with Crippen LogP contribution in [0.25, 0.3) is 17.0 Å². The summed E-state index contributed by atoms with van der Waals surface area (Å²) < 4.78 is 19.8. The van der Waals surface area contributed by atoms with Gasteiger partial charge < -0.3 is 4.74 Å². The van der Waals surface area contributed by atoms with Crippen molar-refractivity contribution in [2.45, 2.75) is 30.5 Å². The van der Waals surface area contributed by atoms with E-state index in [1.807, 2.05) is 6.92 Å². The molecule has 1 atom stereocenters. The summed E-state index contributed by atoms with van der Waals surface area (Å²) in [6.07, 6.45) is 0.635. The number of nitrogens with zero attached hydrogens (tertiary/aromatic N) is 4. The normalized spacial score (nSPS) is 12.3. The molecule has 0 amide bonds. The van der Waals surface area contributed by atoms with Crippen LogP contribution in [-0.2, 0) is 9.53 Å². The van der Waals surface area contributed by atoms with Crippen LogP contribution in [0.15, 0.2) is 41.4 Å². The molecule has 6 nitrogen and oxygen atoms in total. The first-order chi connectivity index (χ1) is 12.1. The molecule has 3 aromatic rings. The zero-order valence-corrected chi connectivity index (χ0v) is 14.7. The molecule has 0 aliphatic rings. The van der Waals surface area contributed by atoms with Gasteiger partial charge in [-0.2, -0.15) is 9.61 Å². The van der Waals surface area contributed by atoms with Gasteiger partial charge in [0.05, 0.1) is 6.61 Å². The highest BCUT2D eigenvalue weighted by Gasteiger charge is 2.20. The quantitative estimate of drug-likeness (QED) is 0.496. The summed E-state index contributed by atoms with van der Waals surface area (Å²) in [6, 6.07) is 9.56. The summed E-state index contributed by atoms with van der Waals surface area (Å²) in [6.45, 7) is 4.06. The van der Waals surface area contributed by atoms with Crippen LogP contribution in [0.5, 0.6) is 0 Å². The van der Waals surface area contributed by atoms with Crippen molar-refractivity contribution in [2.24, 2.45) is 0 Å². The molecule has 0 spiro atoms. The van der Waals surface area contributed by atoms with Crippen LogP contribution in [-0.4, -0.2) is 37.6 Å². The number of esters is 1. The van der Waals surface area contributed by atoms with E-state index in [2.05, 4.69) is 15.3 Å². The Bertz CT molecular complexity index is 882. The summed E-state index contributed by atoms with van der Waals surface area (Å²) >= 11 is 1.34. The number of rotatable bonds is 6. The molecule has 0 N–H and O–H groups in total. The fourth-order valence-electron chi connectivity index (χ4n) is 2.29. The number of benzene rings is 1. The van der Waals surface area contributed by atoms with Gasteiger partial charge in [-0.05, 0) is 49.7 Å². The van der Waals surface area contributed by atoms with Crippen LogP contribution in [0.4, 0.5) is 4.39 Å². The van der Waals surface area contributed by atoms with Gasteiger partial charge in [-0.3, -0.25) is 4.79 Å². The molecule has 2 heterocycles. The first kappa shape index (κ1) is 17.3. The highest BCUT2D eigenvalue weighted by molar-refractivity contribution is 8.00. The van der Waals surface area contributed by atoms with Gasteiger partial charge in [-0.15, -0.1) is 10.2 Å². The number of halogens is 1. The number of carbonyl (C=O) groups is 1. The highest BCUT2D eigenvalue weighted by Crippen LogP contribution is 2.26. The molecule has 0 aliphatic carbocycles. The monoisotopic (exact) mass is 360 g/mol. The minimum atomic E-state index is -0.323. The van der Waals surface area contributed by atoms with Crippen LogP contribution in [0, 0.1) is 5.82 Å². The third-order valence-corrected chi connectivity index (χ3v) is 4.79. The Morgan fingerprint density at radius 3 is 2.64 bits per heavy atom. The van der Waals surface area contributed by atoms with E-state index < -0.39 is 0 Å². The fourth-order valence-corrected chi connectivity index (χ4v) is 3.19. The summed E-state index contributed by atoms with van der Waals surface area (Å²) in [7, 11) is 0. The molecule has 130 valence electrons. The predicted octanol–water partition coefficient (Wildman–Crippen LogP) is 3.36. The Morgan fingerprint density at radius 2 is 1.96 bits per heavy atom. The minimum absolute atomic E-state index is 0.251. The number of thioether (sulfide) groups is 1. The summed E-state index contributed by atoms with van der Waals surface area (Å²) in [4.78, 5) is 12.0. The van der Waals surface area contributed by atoms with Gasteiger partial charge in [0.25, 0.3) is 0 Å². The van der Waals surface area contributed by atoms with Crippen LogP contribution < -0.4 is 0 Å². The SMILES string of the molecule is CCOC(=O)[C@H](CC)Sc1ccc2nnc(-c3ccc(F)cc3)n2n1. The Morgan fingerprint density at radius 1 is 1.20 bits per heavy atom. The molecule has 0 aliphatic heterocycles. The molecule has 0 unspecified atom stereocenters. The van der Waals surface area contributed by atoms with Crippen molar-refractivity contribution < 1.29 is 13.9 Å². The van der Waals surface area contributed by atoms with Gasteiger partial charge in [-0.1, -0.05) is 18.7 Å². The molecule has 0 bridgehead atoms. The van der Waals surface area contributed by atoms with Crippen molar-refractivity contribution in [2.75, 3.05) is 6.61 Å². The smallest absolute Gasteiger partial charge is 0.319 e. The summed E-state index contributed by atoms with van der Waals surface area (Å²) in [5, 5.41) is 13.1. The lowest BCUT2D eigenvalue weighted by Crippen LogP contribution is -2.19. The molecular weight excluding hydrogens is 343 g/mol. The maximum Gasteiger partial charge on any atom is 0.319 e. The molecule has 0 fully saturated rings. The number of carbonyl (C=O) groups excluding carboxylic acids is 1. The third-order valence-electron chi connectivity index (χ3n) is 3.52. The largest absolute Gasteiger partial charge is 0.465 e. The lowest BCUT2D eigenvalue weighted by molar-refractivity contribution is -0.142. The Labute approximate surface area is 148 Å². The topological polar surface area (TPSA) is 69.4 Å². The van der Waals surface area contributed by atoms with E-state index in [4.69, 9.17) is 4.74 Å². The number of fused-ring (bicyclic) bond motifs is 1. The van der Waals surface area contributed by atoms with E-state index in [-0.39, 0.29) is 17.0 Å². The van der Waals surface area contributed by atoms with Crippen molar-refractivity contribution in [1.82, 2.24) is 19.8 Å². The van der Waals surface area contributed by atoms with E-state index >= 15 is 0 Å². The van der Waals surface area contributed by atoms with Crippen molar-refractivity contribution >= 4 is 23.4 Å². The van der Waals surface area contributed by atoms with Crippen molar-refractivity contribution in [1.29, 1.82) is 0 Å². The number of aromatic nitrogens is 4. The first-order valence-corrected chi connectivity index (χ1v) is 8.82. The van der Waals surface area contributed by atoms with Crippen molar-refractivity contribution in [3.8, 4) is 11.4 Å². The molecule has 25 heavy (non-hydrogen) atoms. The maximum absolute atomic E-state index is 13.1. The average Bonchev–Trinajstić information content (AvgIpc) is 3.03. The van der Waals surface area contributed by atoms with Crippen LogP contribution >= 0.6 is 11.8 Å². The molecule has 3 rings (SSSR count).